The number of fused-ring (bicyclic) bond motifs is 1. The molecule has 1 saturated heterocycles. The van der Waals surface area contributed by atoms with Crippen molar-refractivity contribution in [2.24, 2.45) is 5.92 Å². The summed E-state index contributed by atoms with van der Waals surface area (Å²) in [6, 6.07) is 0.312. The first-order valence-electron chi connectivity index (χ1n) is 4.67. The van der Waals surface area contributed by atoms with Crippen LogP contribution in [0.1, 0.15) is 19.3 Å². The SMILES string of the molecule is CN1CCC2CC(F)C(F)CC21. The molecule has 3 heteroatoms. The molecule has 1 heterocycles. The van der Waals surface area contributed by atoms with E-state index in [1.807, 2.05) is 7.05 Å². The number of nitrogens with zero attached hydrogens (tertiary/aromatic N) is 1. The van der Waals surface area contributed by atoms with Crippen LogP contribution >= 0.6 is 0 Å². The van der Waals surface area contributed by atoms with Crippen molar-refractivity contribution in [2.75, 3.05) is 13.6 Å². The molecule has 1 saturated carbocycles. The van der Waals surface area contributed by atoms with E-state index in [9.17, 15) is 8.78 Å². The molecule has 1 nitrogen and oxygen atoms in total. The molecule has 0 aromatic heterocycles. The minimum absolute atomic E-state index is 0.312. The molecule has 0 radical (unpaired) electrons. The molecule has 0 spiro atoms. The predicted octanol–water partition coefficient (Wildman–Crippen LogP) is 1.78. The Morgan fingerprint density at radius 1 is 1.17 bits per heavy atom. The summed E-state index contributed by atoms with van der Waals surface area (Å²) in [5, 5.41) is 0. The first kappa shape index (κ1) is 8.42. The fraction of sp³-hybridized carbons (Fsp3) is 1.00. The fourth-order valence-electron chi connectivity index (χ4n) is 2.55. The lowest BCUT2D eigenvalue weighted by Gasteiger charge is -2.33. The number of rotatable bonds is 0. The Kier molecular flexibility index (Phi) is 2.07. The summed E-state index contributed by atoms with van der Waals surface area (Å²) in [5.74, 6) is 0.414. The molecule has 2 fully saturated rings. The summed E-state index contributed by atoms with van der Waals surface area (Å²) in [6.07, 6.45) is -0.517. The summed E-state index contributed by atoms with van der Waals surface area (Å²) in [4.78, 5) is 2.17. The Hall–Kier alpha value is -0.180. The van der Waals surface area contributed by atoms with Gasteiger partial charge in [-0.05, 0) is 38.8 Å². The van der Waals surface area contributed by atoms with Gasteiger partial charge in [-0.1, -0.05) is 0 Å². The van der Waals surface area contributed by atoms with Crippen LogP contribution in [0.2, 0.25) is 0 Å². The third-order valence-corrected chi connectivity index (χ3v) is 3.35. The van der Waals surface area contributed by atoms with E-state index in [0.29, 0.717) is 24.8 Å². The third kappa shape index (κ3) is 1.24. The van der Waals surface area contributed by atoms with Crippen LogP contribution in [0.25, 0.3) is 0 Å². The zero-order valence-electron chi connectivity index (χ0n) is 7.34. The van der Waals surface area contributed by atoms with Crippen LogP contribution in [-0.2, 0) is 0 Å². The minimum atomic E-state index is -1.22. The van der Waals surface area contributed by atoms with Crippen LogP contribution in [-0.4, -0.2) is 36.9 Å². The van der Waals surface area contributed by atoms with Gasteiger partial charge in [0.2, 0.25) is 0 Å². The van der Waals surface area contributed by atoms with Crippen molar-refractivity contribution in [3.05, 3.63) is 0 Å². The van der Waals surface area contributed by atoms with Crippen LogP contribution in [0, 0.1) is 5.92 Å². The van der Waals surface area contributed by atoms with Gasteiger partial charge in [0.15, 0.2) is 0 Å². The van der Waals surface area contributed by atoms with Crippen molar-refractivity contribution in [1.29, 1.82) is 0 Å². The molecule has 2 aliphatic rings. The Morgan fingerprint density at radius 3 is 2.58 bits per heavy atom. The van der Waals surface area contributed by atoms with Crippen molar-refractivity contribution < 1.29 is 8.78 Å². The molecule has 0 aromatic carbocycles. The smallest absolute Gasteiger partial charge is 0.133 e. The third-order valence-electron chi connectivity index (χ3n) is 3.35. The standard InChI is InChI=1S/C9H15F2N/c1-12-3-2-6-4-7(10)8(11)5-9(6)12/h6-9H,2-5H2,1H3. The summed E-state index contributed by atoms with van der Waals surface area (Å²) >= 11 is 0. The highest BCUT2D eigenvalue weighted by molar-refractivity contribution is 4.94. The van der Waals surface area contributed by atoms with Crippen molar-refractivity contribution >= 4 is 0 Å². The van der Waals surface area contributed by atoms with Crippen LogP contribution in [0.3, 0.4) is 0 Å². The van der Waals surface area contributed by atoms with E-state index in [2.05, 4.69) is 4.90 Å². The number of alkyl halides is 2. The summed E-state index contributed by atoms with van der Waals surface area (Å²) < 4.78 is 25.9. The largest absolute Gasteiger partial charge is 0.303 e. The van der Waals surface area contributed by atoms with Gasteiger partial charge in [0.25, 0.3) is 0 Å². The molecule has 4 unspecified atom stereocenters. The summed E-state index contributed by atoms with van der Waals surface area (Å²) in [6.45, 7) is 1.01. The zero-order chi connectivity index (χ0) is 8.72. The molecule has 0 N–H and O–H groups in total. The Balaban J connectivity index is 2.04. The number of halogens is 2. The fourth-order valence-corrected chi connectivity index (χ4v) is 2.55. The van der Waals surface area contributed by atoms with Gasteiger partial charge in [-0.2, -0.15) is 0 Å². The average molecular weight is 175 g/mol. The Labute approximate surface area is 71.7 Å². The van der Waals surface area contributed by atoms with E-state index in [-0.39, 0.29) is 0 Å². The topological polar surface area (TPSA) is 3.24 Å². The summed E-state index contributed by atoms with van der Waals surface area (Å²) in [7, 11) is 2.01. The first-order chi connectivity index (χ1) is 5.68. The van der Waals surface area contributed by atoms with E-state index in [4.69, 9.17) is 0 Å². The molecule has 4 atom stereocenters. The highest BCUT2D eigenvalue weighted by Crippen LogP contribution is 2.37. The Bertz CT molecular complexity index is 174. The second-order valence-electron chi connectivity index (χ2n) is 4.10. The monoisotopic (exact) mass is 175 g/mol. The average Bonchev–Trinajstić information content (AvgIpc) is 2.35. The van der Waals surface area contributed by atoms with Crippen molar-refractivity contribution in [1.82, 2.24) is 4.90 Å². The second-order valence-corrected chi connectivity index (χ2v) is 4.10. The van der Waals surface area contributed by atoms with Crippen molar-refractivity contribution in [2.45, 2.75) is 37.6 Å². The molecular weight excluding hydrogens is 160 g/mol. The molecule has 12 heavy (non-hydrogen) atoms. The van der Waals surface area contributed by atoms with Crippen molar-refractivity contribution in [3.8, 4) is 0 Å². The lowest BCUT2D eigenvalue weighted by atomic mass is 9.83. The minimum Gasteiger partial charge on any atom is -0.303 e. The second kappa shape index (κ2) is 2.95. The highest BCUT2D eigenvalue weighted by atomic mass is 19.2. The lowest BCUT2D eigenvalue weighted by molar-refractivity contribution is 0.0564. The molecule has 0 amide bonds. The van der Waals surface area contributed by atoms with E-state index < -0.39 is 12.3 Å². The molecule has 1 aliphatic carbocycles. The maximum atomic E-state index is 13.0. The van der Waals surface area contributed by atoms with Gasteiger partial charge in [-0.3, -0.25) is 0 Å². The van der Waals surface area contributed by atoms with Crippen LogP contribution in [0.15, 0.2) is 0 Å². The van der Waals surface area contributed by atoms with Crippen LogP contribution in [0.5, 0.6) is 0 Å². The van der Waals surface area contributed by atoms with Crippen LogP contribution < -0.4 is 0 Å². The van der Waals surface area contributed by atoms with Crippen molar-refractivity contribution in [3.63, 3.8) is 0 Å². The van der Waals surface area contributed by atoms with Gasteiger partial charge in [-0.15, -0.1) is 0 Å². The molecule has 0 bridgehead atoms. The van der Waals surface area contributed by atoms with E-state index in [0.717, 1.165) is 13.0 Å². The first-order valence-corrected chi connectivity index (χ1v) is 4.67. The number of hydrogen-bond acceptors (Lipinski definition) is 1. The van der Waals surface area contributed by atoms with Gasteiger partial charge in [0, 0.05) is 6.04 Å². The zero-order valence-corrected chi connectivity index (χ0v) is 7.34. The number of hydrogen-bond donors (Lipinski definition) is 0. The molecule has 2 rings (SSSR count). The predicted molar refractivity (Wildman–Crippen MR) is 43.6 cm³/mol. The molecule has 1 aliphatic heterocycles. The maximum absolute atomic E-state index is 13.0. The van der Waals surface area contributed by atoms with Gasteiger partial charge >= 0.3 is 0 Å². The van der Waals surface area contributed by atoms with E-state index in [1.165, 1.54) is 0 Å². The molecule has 0 aromatic rings. The van der Waals surface area contributed by atoms with Gasteiger partial charge in [0.05, 0.1) is 0 Å². The Morgan fingerprint density at radius 2 is 1.83 bits per heavy atom. The lowest BCUT2D eigenvalue weighted by Crippen LogP contribution is -2.40. The van der Waals surface area contributed by atoms with Gasteiger partial charge in [0.1, 0.15) is 12.3 Å². The van der Waals surface area contributed by atoms with Gasteiger partial charge in [-0.25, -0.2) is 8.78 Å². The van der Waals surface area contributed by atoms with Crippen LogP contribution in [0.4, 0.5) is 8.78 Å². The number of likely N-dealkylation sites (tertiary alicyclic amines) is 1. The summed E-state index contributed by atoms with van der Waals surface area (Å²) in [5.41, 5.74) is 0. The quantitative estimate of drug-likeness (QED) is 0.542. The van der Waals surface area contributed by atoms with E-state index >= 15 is 0 Å². The maximum Gasteiger partial charge on any atom is 0.133 e. The van der Waals surface area contributed by atoms with E-state index in [1.54, 1.807) is 0 Å². The normalized spacial score (nSPS) is 49.2. The molecular formula is C9H15F2N. The molecule has 70 valence electrons. The van der Waals surface area contributed by atoms with Gasteiger partial charge < -0.3 is 4.90 Å². The highest BCUT2D eigenvalue weighted by Gasteiger charge is 2.42.